The van der Waals surface area contributed by atoms with E-state index >= 15 is 0 Å². The van der Waals surface area contributed by atoms with Gasteiger partial charge in [-0.2, -0.15) is 0 Å². The first-order valence-corrected chi connectivity index (χ1v) is 6.89. The second-order valence-corrected chi connectivity index (χ2v) is 6.49. The summed E-state index contributed by atoms with van der Waals surface area (Å²) in [4.78, 5) is 23.3. The third kappa shape index (κ3) is 3.15. The van der Waals surface area contributed by atoms with E-state index in [1.807, 2.05) is 13.8 Å². The van der Waals surface area contributed by atoms with E-state index in [9.17, 15) is 14.7 Å². The summed E-state index contributed by atoms with van der Waals surface area (Å²) >= 11 is 3.30. The quantitative estimate of drug-likeness (QED) is 0.894. The number of carboxylic acids is 1. The normalized spacial score (nSPS) is 21.5. The molecule has 0 saturated heterocycles. The van der Waals surface area contributed by atoms with Crippen molar-refractivity contribution in [1.29, 1.82) is 0 Å². The van der Waals surface area contributed by atoms with E-state index in [0.29, 0.717) is 5.56 Å². The lowest BCUT2D eigenvalue weighted by atomic mass is 10.1. The van der Waals surface area contributed by atoms with E-state index in [2.05, 4.69) is 21.2 Å². The van der Waals surface area contributed by atoms with E-state index in [-0.39, 0.29) is 17.2 Å². The summed E-state index contributed by atoms with van der Waals surface area (Å²) in [7, 11) is 0. The Bertz CT molecular complexity index is 510. The minimum atomic E-state index is -1.05. The molecule has 1 aromatic rings. The zero-order valence-electron chi connectivity index (χ0n) is 10.8. The van der Waals surface area contributed by atoms with Crippen molar-refractivity contribution in [3.63, 3.8) is 0 Å². The molecule has 1 aliphatic carbocycles. The highest BCUT2D eigenvalue weighted by atomic mass is 79.9. The van der Waals surface area contributed by atoms with E-state index in [1.165, 1.54) is 0 Å². The summed E-state index contributed by atoms with van der Waals surface area (Å²) in [6.45, 7) is 4.01. The summed E-state index contributed by atoms with van der Waals surface area (Å²) < 4.78 is 0.870. The molecule has 0 radical (unpaired) electrons. The van der Waals surface area contributed by atoms with Crippen molar-refractivity contribution in [2.45, 2.75) is 26.3 Å². The van der Waals surface area contributed by atoms with Crippen LogP contribution in [0.4, 0.5) is 0 Å². The van der Waals surface area contributed by atoms with Crippen molar-refractivity contribution < 1.29 is 14.7 Å². The van der Waals surface area contributed by atoms with Gasteiger partial charge in [-0.05, 0) is 29.5 Å². The van der Waals surface area contributed by atoms with Gasteiger partial charge in [0.05, 0.1) is 0 Å². The zero-order valence-corrected chi connectivity index (χ0v) is 12.4. The second-order valence-electron chi connectivity index (χ2n) is 5.58. The average Bonchev–Trinajstić information content (AvgIpc) is 2.96. The summed E-state index contributed by atoms with van der Waals surface area (Å²) in [6.07, 6.45) is 0.811. The van der Waals surface area contributed by atoms with E-state index in [4.69, 9.17) is 0 Å². The standard InChI is InChI=1S/C14H16BrNO3/c1-14(2)7-10(14)12(17)16-11(13(18)19)8-3-5-9(15)6-4-8/h3-6,10-11H,7H2,1-2H3,(H,16,17)(H,18,19). The summed E-state index contributed by atoms with van der Waals surface area (Å²) in [5, 5.41) is 11.9. The SMILES string of the molecule is CC1(C)CC1C(=O)NC(C(=O)O)c1ccc(Br)cc1. The first kappa shape index (κ1) is 14.1. The number of hydrogen-bond donors (Lipinski definition) is 2. The largest absolute Gasteiger partial charge is 0.479 e. The lowest BCUT2D eigenvalue weighted by molar-refractivity contribution is -0.142. The van der Waals surface area contributed by atoms with Gasteiger partial charge in [-0.1, -0.05) is 41.9 Å². The van der Waals surface area contributed by atoms with Crippen LogP contribution in [0.5, 0.6) is 0 Å². The predicted octanol–water partition coefficient (Wildman–Crippen LogP) is 2.74. The number of carboxylic acid groups (broad SMARTS) is 1. The second kappa shape index (κ2) is 4.96. The molecular formula is C14H16BrNO3. The zero-order chi connectivity index (χ0) is 14.2. The molecule has 2 rings (SSSR count). The van der Waals surface area contributed by atoms with Crippen LogP contribution >= 0.6 is 15.9 Å². The van der Waals surface area contributed by atoms with E-state index in [0.717, 1.165) is 10.9 Å². The molecule has 1 fully saturated rings. The number of nitrogens with one attached hydrogen (secondary N) is 1. The van der Waals surface area contributed by atoms with Gasteiger partial charge in [-0.15, -0.1) is 0 Å². The molecular weight excluding hydrogens is 310 g/mol. The van der Waals surface area contributed by atoms with Gasteiger partial charge in [0.1, 0.15) is 0 Å². The minimum absolute atomic E-state index is 0.00709. The lowest BCUT2D eigenvalue weighted by Crippen LogP contribution is -2.35. The molecule has 2 atom stereocenters. The van der Waals surface area contributed by atoms with Crippen molar-refractivity contribution >= 4 is 27.8 Å². The number of halogens is 1. The number of hydrogen-bond acceptors (Lipinski definition) is 2. The van der Waals surface area contributed by atoms with Gasteiger partial charge in [-0.3, -0.25) is 4.79 Å². The molecule has 102 valence electrons. The van der Waals surface area contributed by atoms with Crippen LogP contribution in [0, 0.1) is 11.3 Å². The molecule has 4 nitrogen and oxygen atoms in total. The third-order valence-corrected chi connectivity index (χ3v) is 4.10. The molecule has 0 aliphatic heterocycles. The fourth-order valence-electron chi connectivity index (χ4n) is 2.10. The van der Waals surface area contributed by atoms with Crippen LogP contribution in [-0.2, 0) is 9.59 Å². The number of carbonyl (C=O) groups excluding carboxylic acids is 1. The van der Waals surface area contributed by atoms with Gasteiger partial charge in [0.2, 0.25) is 5.91 Å². The molecule has 0 spiro atoms. The summed E-state index contributed by atoms with van der Waals surface area (Å²) in [5.41, 5.74) is 0.565. The Labute approximate surface area is 120 Å². The monoisotopic (exact) mass is 325 g/mol. The summed E-state index contributed by atoms with van der Waals surface area (Å²) in [6, 6.07) is 5.93. The Morgan fingerprint density at radius 2 is 1.89 bits per heavy atom. The lowest BCUT2D eigenvalue weighted by Gasteiger charge is -2.15. The fraction of sp³-hybridized carbons (Fsp3) is 0.429. The van der Waals surface area contributed by atoms with E-state index < -0.39 is 12.0 Å². The molecule has 1 amide bonds. The van der Waals surface area contributed by atoms with Gasteiger partial charge in [0.25, 0.3) is 0 Å². The maximum Gasteiger partial charge on any atom is 0.330 e. The topological polar surface area (TPSA) is 66.4 Å². The predicted molar refractivity (Wildman–Crippen MR) is 74.5 cm³/mol. The molecule has 2 unspecified atom stereocenters. The van der Waals surface area contributed by atoms with Crippen molar-refractivity contribution in [2.24, 2.45) is 11.3 Å². The van der Waals surface area contributed by atoms with Crippen LogP contribution in [0.25, 0.3) is 0 Å². The smallest absolute Gasteiger partial charge is 0.330 e. The maximum atomic E-state index is 12.0. The molecule has 1 saturated carbocycles. The van der Waals surface area contributed by atoms with Crippen LogP contribution in [0.2, 0.25) is 0 Å². The van der Waals surface area contributed by atoms with Crippen molar-refractivity contribution in [2.75, 3.05) is 0 Å². The Morgan fingerprint density at radius 1 is 1.37 bits per heavy atom. The number of rotatable bonds is 4. The number of amides is 1. The first-order chi connectivity index (χ1) is 8.81. The third-order valence-electron chi connectivity index (χ3n) is 3.57. The Morgan fingerprint density at radius 3 is 2.32 bits per heavy atom. The van der Waals surface area contributed by atoms with E-state index in [1.54, 1.807) is 24.3 Å². The Kier molecular flexibility index (Phi) is 3.67. The highest BCUT2D eigenvalue weighted by Crippen LogP contribution is 2.51. The maximum absolute atomic E-state index is 12.0. The summed E-state index contributed by atoms with van der Waals surface area (Å²) in [5.74, 6) is -1.31. The molecule has 2 N–H and O–H groups in total. The van der Waals surface area contributed by atoms with Gasteiger partial charge in [0, 0.05) is 10.4 Å². The van der Waals surface area contributed by atoms with Crippen LogP contribution < -0.4 is 5.32 Å². The van der Waals surface area contributed by atoms with Crippen LogP contribution in [0.1, 0.15) is 31.9 Å². The number of benzene rings is 1. The molecule has 19 heavy (non-hydrogen) atoms. The molecule has 1 aliphatic rings. The van der Waals surface area contributed by atoms with Crippen LogP contribution in [-0.4, -0.2) is 17.0 Å². The van der Waals surface area contributed by atoms with Crippen LogP contribution in [0.3, 0.4) is 0 Å². The first-order valence-electron chi connectivity index (χ1n) is 6.10. The number of aliphatic carboxylic acids is 1. The van der Waals surface area contributed by atoms with Crippen molar-refractivity contribution in [3.8, 4) is 0 Å². The average molecular weight is 326 g/mol. The van der Waals surface area contributed by atoms with Crippen LogP contribution in [0.15, 0.2) is 28.7 Å². The van der Waals surface area contributed by atoms with Gasteiger partial charge < -0.3 is 10.4 Å². The van der Waals surface area contributed by atoms with Gasteiger partial charge in [-0.25, -0.2) is 4.79 Å². The highest BCUT2D eigenvalue weighted by molar-refractivity contribution is 9.10. The Balaban J connectivity index is 2.11. The molecule has 0 bridgehead atoms. The molecule has 5 heteroatoms. The molecule has 1 aromatic carbocycles. The van der Waals surface area contributed by atoms with Gasteiger partial charge in [0.15, 0.2) is 6.04 Å². The Hall–Kier alpha value is -1.36. The molecule has 0 aromatic heterocycles. The minimum Gasteiger partial charge on any atom is -0.479 e. The highest BCUT2D eigenvalue weighted by Gasteiger charge is 2.51. The fourth-order valence-corrected chi connectivity index (χ4v) is 2.36. The molecule has 0 heterocycles. The van der Waals surface area contributed by atoms with Gasteiger partial charge >= 0.3 is 5.97 Å². The number of carbonyl (C=O) groups is 2. The van der Waals surface area contributed by atoms with Crippen molar-refractivity contribution in [1.82, 2.24) is 5.32 Å². The van der Waals surface area contributed by atoms with Crippen molar-refractivity contribution in [3.05, 3.63) is 34.3 Å².